The molecule has 114 valence electrons. The number of fused-ring (bicyclic) bond motifs is 1. The van der Waals surface area contributed by atoms with E-state index in [1.807, 2.05) is 48.8 Å². The van der Waals surface area contributed by atoms with Crippen LogP contribution in [0.25, 0.3) is 11.5 Å². The zero-order valence-corrected chi connectivity index (χ0v) is 13.1. The van der Waals surface area contributed by atoms with Gasteiger partial charge in [-0.2, -0.15) is 4.98 Å². The van der Waals surface area contributed by atoms with Crippen LogP contribution in [0.5, 0.6) is 0 Å². The average Bonchev–Trinajstić information content (AvgIpc) is 3.22. The predicted molar refractivity (Wildman–Crippen MR) is 86.4 cm³/mol. The molecule has 1 aromatic carbocycles. The first-order chi connectivity index (χ1) is 11.3. The van der Waals surface area contributed by atoms with E-state index in [-0.39, 0.29) is 5.25 Å². The Morgan fingerprint density at radius 1 is 1.13 bits per heavy atom. The maximum absolute atomic E-state index is 4.39. The third kappa shape index (κ3) is 2.80. The monoisotopic (exact) mass is 323 g/mol. The predicted octanol–water partition coefficient (Wildman–Crippen LogP) is 2.56. The van der Waals surface area contributed by atoms with Gasteiger partial charge in [0.2, 0.25) is 5.16 Å². The lowest BCUT2D eigenvalue weighted by Gasteiger charge is -2.03. The maximum Gasteiger partial charge on any atom is 0.253 e. The summed E-state index contributed by atoms with van der Waals surface area (Å²) < 4.78 is 3.43. The maximum atomic E-state index is 4.39. The Labute approximate surface area is 136 Å². The van der Waals surface area contributed by atoms with Gasteiger partial charge in [-0.3, -0.25) is 0 Å². The number of para-hydroxylation sites is 1. The van der Waals surface area contributed by atoms with Crippen LogP contribution in [0.3, 0.4) is 0 Å². The first-order valence-electron chi connectivity index (χ1n) is 7.11. The van der Waals surface area contributed by atoms with E-state index in [1.165, 1.54) is 11.8 Å². The molecule has 1 atom stereocenters. The number of hydrogen-bond acceptors (Lipinski definition) is 6. The van der Waals surface area contributed by atoms with Crippen molar-refractivity contribution in [2.75, 3.05) is 0 Å². The van der Waals surface area contributed by atoms with E-state index in [1.54, 1.807) is 15.4 Å². The van der Waals surface area contributed by atoms with Crippen LogP contribution in [0.1, 0.15) is 17.9 Å². The number of thioether (sulfide) groups is 1. The van der Waals surface area contributed by atoms with E-state index < -0.39 is 0 Å². The van der Waals surface area contributed by atoms with Gasteiger partial charge in [-0.1, -0.05) is 35.2 Å². The number of rotatable bonds is 4. The Morgan fingerprint density at radius 3 is 2.83 bits per heavy atom. The highest BCUT2D eigenvalue weighted by atomic mass is 32.2. The lowest BCUT2D eigenvalue weighted by molar-refractivity contribution is 0.796. The molecule has 4 aromatic rings. The summed E-state index contributed by atoms with van der Waals surface area (Å²) in [5, 5.41) is 13.6. The zero-order valence-electron chi connectivity index (χ0n) is 12.3. The van der Waals surface area contributed by atoms with Crippen molar-refractivity contribution in [3.8, 4) is 5.69 Å². The third-order valence-corrected chi connectivity index (χ3v) is 4.31. The largest absolute Gasteiger partial charge is 0.253 e. The van der Waals surface area contributed by atoms with Crippen LogP contribution in [0.4, 0.5) is 0 Å². The standard InChI is InChI=1S/C15H13N7S/c1-11(23-15-17-14-16-8-5-9-21(14)19-15)13-10-22(20-18-13)12-6-3-2-4-7-12/h2-11H,1H3. The summed E-state index contributed by atoms with van der Waals surface area (Å²) in [4.78, 5) is 8.56. The van der Waals surface area contributed by atoms with Gasteiger partial charge >= 0.3 is 0 Å². The van der Waals surface area contributed by atoms with E-state index in [2.05, 4.69) is 32.3 Å². The zero-order chi connectivity index (χ0) is 15.6. The van der Waals surface area contributed by atoms with Crippen LogP contribution < -0.4 is 0 Å². The highest BCUT2D eigenvalue weighted by Crippen LogP contribution is 2.31. The van der Waals surface area contributed by atoms with Crippen LogP contribution in [-0.4, -0.2) is 34.6 Å². The van der Waals surface area contributed by atoms with Crippen LogP contribution in [-0.2, 0) is 0 Å². The first kappa shape index (κ1) is 13.9. The SMILES string of the molecule is CC(Sc1nc2ncccn2n1)c1cn(-c2ccccc2)nn1. The molecule has 0 radical (unpaired) electrons. The molecular formula is C15H13N7S. The highest BCUT2D eigenvalue weighted by molar-refractivity contribution is 7.99. The topological polar surface area (TPSA) is 73.8 Å². The molecule has 1 unspecified atom stereocenters. The van der Waals surface area contributed by atoms with Crippen molar-refractivity contribution in [1.82, 2.24) is 34.6 Å². The van der Waals surface area contributed by atoms with E-state index in [0.717, 1.165) is 11.4 Å². The van der Waals surface area contributed by atoms with Gasteiger partial charge in [0.1, 0.15) is 0 Å². The summed E-state index contributed by atoms with van der Waals surface area (Å²) >= 11 is 1.53. The molecule has 0 saturated carbocycles. The summed E-state index contributed by atoms with van der Waals surface area (Å²) in [6.07, 6.45) is 5.46. The van der Waals surface area contributed by atoms with Gasteiger partial charge in [-0.15, -0.1) is 10.2 Å². The van der Waals surface area contributed by atoms with Gasteiger partial charge in [0, 0.05) is 12.4 Å². The minimum absolute atomic E-state index is 0.0878. The molecule has 0 aliphatic carbocycles. The molecule has 0 bridgehead atoms. The van der Waals surface area contributed by atoms with Crippen molar-refractivity contribution < 1.29 is 0 Å². The molecule has 0 aliphatic rings. The van der Waals surface area contributed by atoms with Crippen molar-refractivity contribution >= 4 is 17.5 Å². The minimum Gasteiger partial charge on any atom is -0.220 e. The van der Waals surface area contributed by atoms with Crippen molar-refractivity contribution in [3.63, 3.8) is 0 Å². The summed E-state index contributed by atoms with van der Waals surface area (Å²) in [5.41, 5.74) is 1.86. The second-order valence-electron chi connectivity index (χ2n) is 4.94. The lowest BCUT2D eigenvalue weighted by atomic mass is 10.3. The van der Waals surface area contributed by atoms with Crippen molar-refractivity contribution in [2.24, 2.45) is 0 Å². The Balaban J connectivity index is 1.55. The van der Waals surface area contributed by atoms with Gasteiger partial charge in [-0.05, 0) is 25.1 Å². The summed E-state index contributed by atoms with van der Waals surface area (Å²) in [7, 11) is 0. The number of aromatic nitrogens is 7. The van der Waals surface area contributed by atoms with Crippen molar-refractivity contribution in [1.29, 1.82) is 0 Å². The van der Waals surface area contributed by atoms with Gasteiger partial charge in [-0.25, -0.2) is 14.2 Å². The van der Waals surface area contributed by atoms with E-state index in [0.29, 0.717) is 10.9 Å². The van der Waals surface area contributed by atoms with Gasteiger partial charge in [0.25, 0.3) is 5.78 Å². The second-order valence-corrected chi connectivity index (χ2v) is 6.25. The molecule has 0 amide bonds. The van der Waals surface area contributed by atoms with Crippen LogP contribution in [0, 0.1) is 0 Å². The molecule has 0 aliphatic heterocycles. The summed E-state index contributed by atoms with van der Waals surface area (Å²) in [6, 6.07) is 11.7. The summed E-state index contributed by atoms with van der Waals surface area (Å²) in [6.45, 7) is 2.06. The average molecular weight is 323 g/mol. The lowest BCUT2D eigenvalue weighted by Crippen LogP contribution is -1.93. The Hall–Kier alpha value is -2.74. The molecule has 7 nitrogen and oxygen atoms in total. The van der Waals surface area contributed by atoms with E-state index >= 15 is 0 Å². The van der Waals surface area contributed by atoms with Gasteiger partial charge in [0.05, 0.1) is 22.8 Å². The number of hydrogen-bond donors (Lipinski definition) is 0. The highest BCUT2D eigenvalue weighted by Gasteiger charge is 2.15. The molecule has 23 heavy (non-hydrogen) atoms. The third-order valence-electron chi connectivity index (χ3n) is 3.33. The fourth-order valence-electron chi connectivity index (χ4n) is 2.15. The molecule has 3 heterocycles. The van der Waals surface area contributed by atoms with E-state index in [4.69, 9.17) is 0 Å². The molecule has 0 N–H and O–H groups in total. The Morgan fingerprint density at radius 2 is 2.00 bits per heavy atom. The van der Waals surface area contributed by atoms with Crippen molar-refractivity contribution in [3.05, 3.63) is 60.7 Å². The van der Waals surface area contributed by atoms with Gasteiger partial charge < -0.3 is 0 Å². The first-order valence-corrected chi connectivity index (χ1v) is 7.99. The van der Waals surface area contributed by atoms with Crippen LogP contribution in [0.15, 0.2) is 60.1 Å². The van der Waals surface area contributed by atoms with Crippen LogP contribution >= 0.6 is 11.8 Å². The Kier molecular flexibility index (Phi) is 3.51. The smallest absolute Gasteiger partial charge is 0.220 e. The molecule has 0 fully saturated rings. The second kappa shape index (κ2) is 5.81. The van der Waals surface area contributed by atoms with Gasteiger partial charge in [0.15, 0.2) is 0 Å². The molecule has 3 aromatic heterocycles. The molecule has 0 spiro atoms. The van der Waals surface area contributed by atoms with Crippen molar-refractivity contribution in [2.45, 2.75) is 17.3 Å². The molecular weight excluding hydrogens is 310 g/mol. The van der Waals surface area contributed by atoms with Crippen LogP contribution in [0.2, 0.25) is 0 Å². The fourth-order valence-corrected chi connectivity index (χ4v) is 2.97. The molecule has 4 rings (SSSR count). The normalized spacial score (nSPS) is 12.6. The fraction of sp³-hybridized carbons (Fsp3) is 0.133. The Bertz CT molecular complexity index is 898. The summed E-state index contributed by atoms with van der Waals surface area (Å²) in [5.74, 6) is 0.593. The van der Waals surface area contributed by atoms with E-state index in [9.17, 15) is 0 Å². The minimum atomic E-state index is 0.0878. The quantitative estimate of drug-likeness (QED) is 0.537. The molecule has 0 saturated heterocycles. The number of nitrogens with zero attached hydrogens (tertiary/aromatic N) is 7. The number of benzene rings is 1. The molecule has 8 heteroatoms.